The van der Waals surface area contributed by atoms with E-state index in [-0.39, 0.29) is 24.4 Å². The Labute approximate surface area is 192 Å². The summed E-state index contributed by atoms with van der Waals surface area (Å²) in [6, 6.07) is 18.9. The molecule has 0 atom stereocenters. The van der Waals surface area contributed by atoms with Crippen LogP contribution in [0.1, 0.15) is 28.2 Å². The van der Waals surface area contributed by atoms with Crippen LogP contribution in [0.2, 0.25) is 0 Å². The number of carbonyl (C=O) groups excluding carboxylic acids is 1. The Morgan fingerprint density at radius 2 is 1.58 bits per heavy atom. The van der Waals surface area contributed by atoms with Gasteiger partial charge in [0.15, 0.2) is 0 Å². The monoisotopic (exact) mass is 445 g/mol. The molecule has 33 heavy (non-hydrogen) atoms. The number of benzene rings is 3. The second-order valence-electron chi connectivity index (χ2n) is 8.13. The molecule has 0 heterocycles. The Kier molecular flexibility index (Phi) is 6.22. The summed E-state index contributed by atoms with van der Waals surface area (Å²) in [5.74, 6) is -1.15. The summed E-state index contributed by atoms with van der Waals surface area (Å²) >= 11 is 0. The summed E-state index contributed by atoms with van der Waals surface area (Å²) in [7, 11) is -0.285. The summed E-state index contributed by atoms with van der Waals surface area (Å²) in [6.07, 6.45) is -0.927. The summed E-state index contributed by atoms with van der Waals surface area (Å²) in [4.78, 5) is 25.5. The smallest absolute Gasteiger partial charge is 0.481 e. The zero-order chi connectivity index (χ0) is 23.7. The summed E-state index contributed by atoms with van der Waals surface area (Å²) in [5.41, 5.74) is 5.85. The van der Waals surface area contributed by atoms with E-state index in [4.69, 9.17) is 4.74 Å². The van der Waals surface area contributed by atoms with Crippen molar-refractivity contribution < 1.29 is 29.5 Å². The fourth-order valence-electron chi connectivity index (χ4n) is 4.41. The van der Waals surface area contributed by atoms with Crippen LogP contribution in [0.15, 0.2) is 60.7 Å². The molecule has 3 aromatic rings. The van der Waals surface area contributed by atoms with Gasteiger partial charge in [-0.25, -0.2) is 4.79 Å². The van der Waals surface area contributed by atoms with E-state index in [0.717, 1.165) is 22.3 Å². The first-order chi connectivity index (χ1) is 15.8. The third-order valence-corrected chi connectivity index (χ3v) is 6.12. The maximum absolute atomic E-state index is 13.0. The lowest BCUT2D eigenvalue weighted by molar-refractivity contribution is -0.136. The predicted molar refractivity (Wildman–Crippen MR) is 126 cm³/mol. The summed E-state index contributed by atoms with van der Waals surface area (Å²) in [5, 5.41) is 28.4. The van der Waals surface area contributed by atoms with E-state index in [2.05, 4.69) is 12.1 Å². The van der Waals surface area contributed by atoms with Crippen LogP contribution in [-0.4, -0.2) is 48.0 Å². The van der Waals surface area contributed by atoms with Crippen molar-refractivity contribution in [3.05, 3.63) is 82.9 Å². The van der Waals surface area contributed by atoms with E-state index < -0.39 is 19.2 Å². The van der Waals surface area contributed by atoms with Gasteiger partial charge in [0, 0.05) is 18.7 Å². The zero-order valence-electron chi connectivity index (χ0n) is 18.4. The van der Waals surface area contributed by atoms with Gasteiger partial charge in [-0.05, 0) is 51.8 Å². The molecule has 168 valence electrons. The number of hydrogen-bond acceptors (Lipinski definition) is 5. The molecule has 0 radical (unpaired) electrons. The number of carboxylic acids is 1. The number of hydrogen-bond donors (Lipinski definition) is 3. The van der Waals surface area contributed by atoms with Crippen LogP contribution in [0.3, 0.4) is 0 Å². The number of carbonyl (C=O) groups is 2. The molecule has 4 rings (SSSR count). The maximum Gasteiger partial charge on any atom is 0.488 e. The van der Waals surface area contributed by atoms with Crippen LogP contribution >= 0.6 is 0 Å². The normalized spacial score (nSPS) is 12.1. The molecule has 0 unspecified atom stereocenters. The third kappa shape index (κ3) is 4.35. The molecule has 1 amide bonds. The topological polar surface area (TPSA) is 107 Å². The SMILES string of the molecule is Cc1c(CC(=O)O)cc(B(O)O)cc1N(C)C(=O)OCC1c2ccccc2-c2ccccc21. The number of amides is 1. The lowest BCUT2D eigenvalue weighted by Crippen LogP contribution is -2.34. The van der Waals surface area contributed by atoms with Crippen LogP contribution in [0.4, 0.5) is 10.5 Å². The number of nitrogens with zero attached hydrogens (tertiary/aromatic N) is 1. The average molecular weight is 445 g/mol. The highest BCUT2D eigenvalue weighted by Gasteiger charge is 2.30. The number of aliphatic carboxylic acids is 1. The van der Waals surface area contributed by atoms with Crippen LogP contribution < -0.4 is 10.4 Å². The molecular weight excluding hydrogens is 421 g/mol. The van der Waals surface area contributed by atoms with E-state index in [1.165, 1.54) is 24.1 Å². The van der Waals surface area contributed by atoms with E-state index in [1.807, 2.05) is 36.4 Å². The summed E-state index contributed by atoms with van der Waals surface area (Å²) < 4.78 is 5.68. The van der Waals surface area contributed by atoms with Crippen molar-refractivity contribution in [3.8, 4) is 11.1 Å². The second kappa shape index (κ2) is 9.09. The van der Waals surface area contributed by atoms with Gasteiger partial charge in [0.1, 0.15) is 6.61 Å². The van der Waals surface area contributed by atoms with Crippen molar-refractivity contribution in [1.82, 2.24) is 0 Å². The van der Waals surface area contributed by atoms with E-state index in [1.54, 1.807) is 6.92 Å². The molecule has 0 aromatic heterocycles. The number of carboxylic acid groups (broad SMARTS) is 1. The number of rotatable bonds is 6. The van der Waals surface area contributed by atoms with E-state index in [0.29, 0.717) is 16.8 Å². The molecule has 7 nitrogen and oxygen atoms in total. The standard InChI is InChI=1S/C25H24BNO6/c1-15-16(12-24(28)29)11-17(26(31)32)13-23(15)27(2)25(30)33-14-22-20-9-5-3-7-18(20)19-8-4-6-10-21(19)22/h3-11,13,22,31-32H,12,14H2,1-2H3,(H,28,29). The minimum absolute atomic E-state index is 0.0935. The Hall–Kier alpha value is -3.62. The van der Waals surface area contributed by atoms with E-state index in [9.17, 15) is 24.7 Å². The molecule has 0 fully saturated rings. The third-order valence-electron chi connectivity index (χ3n) is 6.12. The zero-order valence-corrected chi connectivity index (χ0v) is 18.4. The van der Waals surface area contributed by atoms with E-state index >= 15 is 0 Å². The van der Waals surface area contributed by atoms with Crippen molar-refractivity contribution in [2.75, 3.05) is 18.6 Å². The lowest BCUT2D eigenvalue weighted by atomic mass is 9.78. The first-order valence-corrected chi connectivity index (χ1v) is 10.6. The van der Waals surface area contributed by atoms with Gasteiger partial charge in [-0.1, -0.05) is 54.6 Å². The molecule has 8 heteroatoms. The van der Waals surface area contributed by atoms with Crippen molar-refractivity contribution in [2.24, 2.45) is 0 Å². The Balaban J connectivity index is 1.58. The Bertz CT molecular complexity index is 1180. The summed E-state index contributed by atoms with van der Waals surface area (Å²) in [6.45, 7) is 1.83. The van der Waals surface area contributed by atoms with Crippen LogP contribution in [0.25, 0.3) is 11.1 Å². The first kappa shape index (κ1) is 22.6. The van der Waals surface area contributed by atoms with Crippen LogP contribution in [0, 0.1) is 6.92 Å². The molecule has 1 aliphatic carbocycles. The van der Waals surface area contributed by atoms with Gasteiger partial charge in [0.05, 0.1) is 6.42 Å². The molecule has 0 aliphatic heterocycles. The van der Waals surface area contributed by atoms with Crippen LogP contribution in [-0.2, 0) is 16.0 Å². The fourth-order valence-corrected chi connectivity index (χ4v) is 4.41. The Morgan fingerprint density at radius 1 is 1.00 bits per heavy atom. The quantitative estimate of drug-likeness (QED) is 0.504. The highest BCUT2D eigenvalue weighted by atomic mass is 16.6. The highest BCUT2D eigenvalue weighted by molar-refractivity contribution is 6.58. The van der Waals surface area contributed by atoms with Crippen molar-refractivity contribution >= 4 is 30.3 Å². The largest absolute Gasteiger partial charge is 0.488 e. The minimum atomic E-state index is -1.80. The average Bonchev–Trinajstić information content (AvgIpc) is 3.11. The van der Waals surface area contributed by atoms with Crippen LogP contribution in [0.5, 0.6) is 0 Å². The molecule has 3 aromatic carbocycles. The lowest BCUT2D eigenvalue weighted by Gasteiger charge is -2.23. The molecular formula is C25H24BNO6. The fraction of sp³-hybridized carbons (Fsp3) is 0.200. The first-order valence-electron chi connectivity index (χ1n) is 10.6. The van der Waals surface area contributed by atoms with Crippen molar-refractivity contribution in [1.29, 1.82) is 0 Å². The molecule has 1 aliphatic rings. The van der Waals surface area contributed by atoms with Gasteiger partial charge in [0.25, 0.3) is 0 Å². The molecule has 0 saturated carbocycles. The minimum Gasteiger partial charge on any atom is -0.481 e. The highest BCUT2D eigenvalue weighted by Crippen LogP contribution is 2.44. The van der Waals surface area contributed by atoms with Gasteiger partial charge in [-0.3, -0.25) is 9.69 Å². The maximum atomic E-state index is 13.0. The van der Waals surface area contributed by atoms with Gasteiger partial charge in [-0.2, -0.15) is 0 Å². The number of fused-ring (bicyclic) bond motifs is 3. The number of anilines is 1. The molecule has 0 spiro atoms. The van der Waals surface area contributed by atoms with Gasteiger partial charge in [-0.15, -0.1) is 0 Å². The second-order valence-corrected chi connectivity index (χ2v) is 8.13. The molecule has 0 bridgehead atoms. The Morgan fingerprint density at radius 3 is 2.12 bits per heavy atom. The predicted octanol–water partition coefficient (Wildman–Crippen LogP) is 2.69. The van der Waals surface area contributed by atoms with Gasteiger partial charge < -0.3 is 19.9 Å². The number of ether oxygens (including phenoxy) is 1. The molecule has 0 saturated heterocycles. The van der Waals surface area contributed by atoms with Gasteiger partial charge >= 0.3 is 19.2 Å². The van der Waals surface area contributed by atoms with Crippen molar-refractivity contribution in [3.63, 3.8) is 0 Å². The van der Waals surface area contributed by atoms with Crippen molar-refractivity contribution in [2.45, 2.75) is 19.3 Å². The van der Waals surface area contributed by atoms with Gasteiger partial charge in [0.2, 0.25) is 0 Å². The molecule has 3 N–H and O–H groups in total.